The van der Waals surface area contributed by atoms with Gasteiger partial charge in [-0.2, -0.15) is 0 Å². The SMILES string of the molecule is O=C(COc1c(O)cccc1O)c1ccccc1. The molecule has 2 rings (SSSR count). The van der Waals surface area contributed by atoms with Gasteiger partial charge in [0.05, 0.1) is 0 Å². The summed E-state index contributed by atoms with van der Waals surface area (Å²) < 4.78 is 5.13. The Morgan fingerprint density at radius 1 is 0.944 bits per heavy atom. The molecule has 0 amide bonds. The van der Waals surface area contributed by atoms with E-state index in [0.717, 1.165) is 0 Å². The third-order valence-electron chi connectivity index (χ3n) is 2.42. The first-order valence-electron chi connectivity index (χ1n) is 5.40. The van der Waals surface area contributed by atoms with Gasteiger partial charge in [-0.1, -0.05) is 36.4 Å². The van der Waals surface area contributed by atoms with E-state index >= 15 is 0 Å². The van der Waals surface area contributed by atoms with Crippen LogP contribution < -0.4 is 4.74 Å². The average Bonchev–Trinajstić information content (AvgIpc) is 2.39. The van der Waals surface area contributed by atoms with Crippen LogP contribution in [0.15, 0.2) is 48.5 Å². The molecule has 2 aromatic rings. The molecule has 0 bridgehead atoms. The van der Waals surface area contributed by atoms with E-state index in [0.29, 0.717) is 5.56 Å². The highest BCUT2D eigenvalue weighted by Gasteiger charge is 2.11. The topological polar surface area (TPSA) is 66.8 Å². The predicted octanol–water partition coefficient (Wildman–Crippen LogP) is 2.36. The molecule has 0 radical (unpaired) electrons. The number of aromatic hydroxyl groups is 2. The summed E-state index contributed by atoms with van der Waals surface area (Å²) in [7, 11) is 0. The van der Waals surface area contributed by atoms with Gasteiger partial charge < -0.3 is 14.9 Å². The molecule has 0 saturated heterocycles. The van der Waals surface area contributed by atoms with Crippen LogP contribution in [0.1, 0.15) is 10.4 Å². The van der Waals surface area contributed by atoms with Crippen molar-refractivity contribution in [2.75, 3.05) is 6.61 Å². The van der Waals surface area contributed by atoms with Crippen LogP contribution in [0, 0.1) is 0 Å². The van der Waals surface area contributed by atoms with E-state index in [4.69, 9.17) is 4.74 Å². The number of Topliss-reactive ketones (excluding diaryl/α,β-unsaturated/α-hetero) is 1. The first-order valence-corrected chi connectivity index (χ1v) is 5.40. The van der Waals surface area contributed by atoms with Gasteiger partial charge >= 0.3 is 0 Å². The van der Waals surface area contributed by atoms with Gasteiger partial charge in [0.2, 0.25) is 5.75 Å². The molecular weight excluding hydrogens is 232 g/mol. The highest BCUT2D eigenvalue weighted by molar-refractivity contribution is 5.97. The minimum Gasteiger partial charge on any atom is -0.504 e. The van der Waals surface area contributed by atoms with Crippen molar-refractivity contribution < 1.29 is 19.7 Å². The molecule has 0 aliphatic carbocycles. The van der Waals surface area contributed by atoms with Crippen molar-refractivity contribution in [2.45, 2.75) is 0 Å². The third-order valence-corrected chi connectivity index (χ3v) is 2.42. The number of ether oxygens (including phenoxy) is 1. The van der Waals surface area contributed by atoms with E-state index in [1.165, 1.54) is 18.2 Å². The number of phenolic OH excluding ortho intramolecular Hbond substituents is 2. The number of phenols is 2. The average molecular weight is 244 g/mol. The van der Waals surface area contributed by atoms with Crippen LogP contribution in [0.5, 0.6) is 17.2 Å². The Morgan fingerprint density at radius 3 is 2.17 bits per heavy atom. The Hall–Kier alpha value is -2.49. The third kappa shape index (κ3) is 2.60. The van der Waals surface area contributed by atoms with Gasteiger partial charge in [0.25, 0.3) is 0 Å². The van der Waals surface area contributed by atoms with Crippen molar-refractivity contribution in [1.29, 1.82) is 0 Å². The summed E-state index contributed by atoms with van der Waals surface area (Å²) in [5.41, 5.74) is 0.521. The second kappa shape index (κ2) is 5.23. The maximum atomic E-state index is 11.8. The van der Waals surface area contributed by atoms with Crippen molar-refractivity contribution in [3.63, 3.8) is 0 Å². The number of rotatable bonds is 4. The number of carbonyl (C=O) groups excluding carboxylic acids is 1. The molecule has 4 heteroatoms. The van der Waals surface area contributed by atoms with Crippen LogP contribution in [-0.4, -0.2) is 22.6 Å². The second-order valence-corrected chi connectivity index (χ2v) is 3.70. The molecule has 0 saturated carbocycles. The Balaban J connectivity index is 2.07. The van der Waals surface area contributed by atoms with Crippen molar-refractivity contribution in [1.82, 2.24) is 0 Å². The van der Waals surface area contributed by atoms with Crippen molar-refractivity contribution >= 4 is 5.78 Å². The van der Waals surface area contributed by atoms with Crippen molar-refractivity contribution in [2.24, 2.45) is 0 Å². The Labute approximate surface area is 104 Å². The first kappa shape index (κ1) is 12.0. The summed E-state index contributed by atoms with van der Waals surface area (Å²) >= 11 is 0. The van der Waals surface area contributed by atoms with E-state index in [1.807, 2.05) is 6.07 Å². The number of hydrogen-bond donors (Lipinski definition) is 2. The smallest absolute Gasteiger partial charge is 0.203 e. The molecule has 0 aromatic heterocycles. The molecule has 0 fully saturated rings. The standard InChI is InChI=1S/C14H12O4/c15-11-7-4-8-12(16)14(11)18-9-13(17)10-5-2-1-3-6-10/h1-8,15-16H,9H2. The van der Waals surface area contributed by atoms with Crippen LogP contribution in [-0.2, 0) is 0 Å². The van der Waals surface area contributed by atoms with Gasteiger partial charge in [0, 0.05) is 5.56 Å². The zero-order valence-corrected chi connectivity index (χ0v) is 9.54. The van der Waals surface area contributed by atoms with Crippen LogP contribution in [0.25, 0.3) is 0 Å². The number of hydrogen-bond acceptors (Lipinski definition) is 4. The number of ketones is 1. The number of benzene rings is 2. The van der Waals surface area contributed by atoms with E-state index in [1.54, 1.807) is 24.3 Å². The van der Waals surface area contributed by atoms with E-state index in [2.05, 4.69) is 0 Å². The van der Waals surface area contributed by atoms with Gasteiger partial charge in [-0.05, 0) is 12.1 Å². The predicted molar refractivity (Wildman–Crippen MR) is 66.0 cm³/mol. The monoisotopic (exact) mass is 244 g/mol. The summed E-state index contributed by atoms with van der Waals surface area (Å²) in [5, 5.41) is 19.0. The summed E-state index contributed by atoms with van der Waals surface area (Å²) in [5.74, 6) is -0.702. The minimum absolute atomic E-state index is 0.0817. The fourth-order valence-corrected chi connectivity index (χ4v) is 1.51. The largest absolute Gasteiger partial charge is 0.504 e. The van der Waals surface area contributed by atoms with E-state index < -0.39 is 0 Å². The molecule has 2 aromatic carbocycles. The Kier molecular flexibility index (Phi) is 3.48. The first-order chi connectivity index (χ1) is 8.68. The van der Waals surface area contributed by atoms with Gasteiger partial charge in [0.1, 0.15) is 0 Å². The molecule has 0 unspecified atom stereocenters. The van der Waals surface area contributed by atoms with Crippen LogP contribution in [0.4, 0.5) is 0 Å². The molecular formula is C14H12O4. The number of para-hydroxylation sites is 1. The molecule has 92 valence electrons. The number of carbonyl (C=O) groups is 1. The molecule has 18 heavy (non-hydrogen) atoms. The summed E-state index contributed by atoms with van der Waals surface area (Å²) in [6.07, 6.45) is 0. The normalized spacial score (nSPS) is 10.0. The van der Waals surface area contributed by atoms with Crippen LogP contribution >= 0.6 is 0 Å². The molecule has 0 atom stereocenters. The highest BCUT2D eigenvalue weighted by atomic mass is 16.5. The second-order valence-electron chi connectivity index (χ2n) is 3.70. The maximum Gasteiger partial charge on any atom is 0.203 e. The quantitative estimate of drug-likeness (QED) is 0.810. The fourth-order valence-electron chi connectivity index (χ4n) is 1.51. The van der Waals surface area contributed by atoms with Gasteiger partial charge in [0.15, 0.2) is 23.9 Å². The van der Waals surface area contributed by atoms with Gasteiger partial charge in [-0.3, -0.25) is 4.79 Å². The van der Waals surface area contributed by atoms with Crippen LogP contribution in [0.3, 0.4) is 0 Å². The molecule has 0 spiro atoms. The lowest BCUT2D eigenvalue weighted by molar-refractivity contribution is 0.0918. The maximum absolute atomic E-state index is 11.8. The van der Waals surface area contributed by atoms with Crippen molar-refractivity contribution in [3.8, 4) is 17.2 Å². The summed E-state index contributed by atoms with van der Waals surface area (Å²) in [6, 6.07) is 12.9. The molecule has 2 N–H and O–H groups in total. The minimum atomic E-state index is -0.241. The summed E-state index contributed by atoms with van der Waals surface area (Å²) in [4.78, 5) is 11.8. The molecule has 0 aliphatic rings. The van der Waals surface area contributed by atoms with Crippen molar-refractivity contribution in [3.05, 3.63) is 54.1 Å². The fraction of sp³-hybridized carbons (Fsp3) is 0.0714. The Morgan fingerprint density at radius 2 is 1.56 bits per heavy atom. The lowest BCUT2D eigenvalue weighted by Crippen LogP contribution is -2.11. The zero-order valence-electron chi connectivity index (χ0n) is 9.54. The summed E-state index contributed by atoms with van der Waals surface area (Å²) in [6.45, 7) is -0.241. The lowest BCUT2D eigenvalue weighted by Gasteiger charge is -2.08. The molecule has 4 nitrogen and oxygen atoms in total. The van der Waals surface area contributed by atoms with E-state index in [-0.39, 0.29) is 29.6 Å². The molecule has 0 aliphatic heterocycles. The van der Waals surface area contributed by atoms with Gasteiger partial charge in [-0.25, -0.2) is 0 Å². The van der Waals surface area contributed by atoms with Gasteiger partial charge in [-0.15, -0.1) is 0 Å². The Bertz CT molecular complexity index is 529. The molecule has 0 heterocycles. The highest BCUT2D eigenvalue weighted by Crippen LogP contribution is 2.34. The zero-order chi connectivity index (χ0) is 13.0. The van der Waals surface area contributed by atoms with E-state index in [9.17, 15) is 15.0 Å². The lowest BCUT2D eigenvalue weighted by atomic mass is 10.1. The van der Waals surface area contributed by atoms with Crippen LogP contribution in [0.2, 0.25) is 0 Å².